The molecule has 2 N–H and O–H groups in total. The number of aryl methyl sites for hydroxylation is 1. The summed E-state index contributed by atoms with van der Waals surface area (Å²) in [6.45, 7) is 3.19. The Kier molecular flexibility index (Phi) is 3.29. The molecule has 3 rings (SSSR count). The van der Waals surface area contributed by atoms with Gasteiger partial charge in [-0.05, 0) is 19.1 Å². The second-order valence-electron chi connectivity index (χ2n) is 4.69. The molecule has 0 aliphatic carbocycles. The van der Waals surface area contributed by atoms with E-state index in [1.54, 1.807) is 0 Å². The minimum absolute atomic E-state index is 0.488. The Morgan fingerprint density at radius 1 is 1.00 bits per heavy atom. The van der Waals surface area contributed by atoms with Crippen molar-refractivity contribution in [3.8, 4) is 11.5 Å². The predicted octanol–water partition coefficient (Wildman–Crippen LogP) is 2.80. The van der Waals surface area contributed by atoms with E-state index >= 15 is 0 Å². The fraction of sp³-hybridized carbons (Fsp3) is 0.188. The number of aliphatic imine (C=N–C) groups is 1. The summed E-state index contributed by atoms with van der Waals surface area (Å²) in [5, 5.41) is 0. The van der Waals surface area contributed by atoms with Gasteiger partial charge in [-0.25, -0.2) is 4.99 Å². The van der Waals surface area contributed by atoms with Gasteiger partial charge in [0.1, 0.15) is 19.0 Å². The first-order valence-electron chi connectivity index (χ1n) is 6.53. The van der Waals surface area contributed by atoms with Gasteiger partial charge in [0.05, 0.1) is 5.69 Å². The predicted molar refractivity (Wildman–Crippen MR) is 79.0 cm³/mol. The zero-order chi connectivity index (χ0) is 13.9. The monoisotopic (exact) mass is 268 g/mol. The van der Waals surface area contributed by atoms with E-state index in [1.807, 2.05) is 49.4 Å². The third-order valence-electron chi connectivity index (χ3n) is 3.12. The number of fused-ring (bicyclic) bond motifs is 1. The molecule has 1 aliphatic heterocycles. The van der Waals surface area contributed by atoms with Gasteiger partial charge in [-0.3, -0.25) is 0 Å². The molecule has 0 atom stereocenters. The maximum atomic E-state index is 6.03. The topological polar surface area (TPSA) is 56.8 Å². The van der Waals surface area contributed by atoms with Gasteiger partial charge in [-0.1, -0.05) is 29.8 Å². The number of benzene rings is 2. The Morgan fingerprint density at radius 3 is 2.45 bits per heavy atom. The smallest absolute Gasteiger partial charge is 0.163 e. The van der Waals surface area contributed by atoms with Gasteiger partial charge in [0.15, 0.2) is 11.5 Å². The summed E-state index contributed by atoms with van der Waals surface area (Å²) in [4.78, 5) is 4.43. The van der Waals surface area contributed by atoms with Crippen LogP contribution in [0.2, 0.25) is 0 Å². The second-order valence-corrected chi connectivity index (χ2v) is 4.69. The van der Waals surface area contributed by atoms with Crippen molar-refractivity contribution in [1.29, 1.82) is 0 Å². The Bertz CT molecular complexity index is 648. The highest BCUT2D eigenvalue weighted by molar-refractivity contribution is 5.99. The molecule has 4 nitrogen and oxygen atoms in total. The number of nitrogens with two attached hydrogens (primary N) is 1. The van der Waals surface area contributed by atoms with Gasteiger partial charge in [-0.15, -0.1) is 0 Å². The maximum absolute atomic E-state index is 6.03. The SMILES string of the molecule is Cc1ccc(C(N)=Nc2ccc3c(c2)OCCO3)cc1. The Balaban J connectivity index is 1.89. The van der Waals surface area contributed by atoms with Gasteiger partial charge < -0.3 is 15.2 Å². The molecule has 0 radical (unpaired) electrons. The van der Waals surface area contributed by atoms with E-state index in [4.69, 9.17) is 15.2 Å². The van der Waals surface area contributed by atoms with Crippen LogP contribution in [-0.2, 0) is 0 Å². The summed E-state index contributed by atoms with van der Waals surface area (Å²) in [5.74, 6) is 1.96. The van der Waals surface area contributed by atoms with Crippen molar-refractivity contribution in [2.24, 2.45) is 10.7 Å². The quantitative estimate of drug-likeness (QED) is 0.673. The molecule has 2 aromatic carbocycles. The number of amidine groups is 1. The zero-order valence-electron chi connectivity index (χ0n) is 11.3. The Hall–Kier alpha value is -2.49. The lowest BCUT2D eigenvalue weighted by Crippen LogP contribution is -2.15. The van der Waals surface area contributed by atoms with Crippen molar-refractivity contribution in [3.05, 3.63) is 53.6 Å². The lowest BCUT2D eigenvalue weighted by Gasteiger charge is -2.18. The van der Waals surface area contributed by atoms with Crippen molar-refractivity contribution in [2.75, 3.05) is 13.2 Å². The number of ether oxygens (including phenoxy) is 2. The highest BCUT2D eigenvalue weighted by atomic mass is 16.6. The molecule has 0 saturated carbocycles. The van der Waals surface area contributed by atoms with Gasteiger partial charge >= 0.3 is 0 Å². The summed E-state index contributed by atoms with van der Waals surface area (Å²) in [6, 6.07) is 13.5. The summed E-state index contributed by atoms with van der Waals surface area (Å²) < 4.78 is 11.0. The van der Waals surface area contributed by atoms with Gasteiger partial charge in [0.2, 0.25) is 0 Å². The van der Waals surface area contributed by atoms with Crippen LogP contribution in [0.1, 0.15) is 11.1 Å². The molecule has 4 heteroatoms. The van der Waals surface area contributed by atoms with Crippen LogP contribution in [0.15, 0.2) is 47.5 Å². The minimum Gasteiger partial charge on any atom is -0.486 e. The zero-order valence-corrected chi connectivity index (χ0v) is 11.3. The molecular formula is C16H16N2O2. The van der Waals surface area contributed by atoms with Crippen molar-refractivity contribution < 1.29 is 9.47 Å². The summed E-state index contributed by atoms with van der Waals surface area (Å²) >= 11 is 0. The summed E-state index contributed by atoms with van der Waals surface area (Å²) in [7, 11) is 0. The number of rotatable bonds is 2. The molecule has 0 saturated heterocycles. The lowest BCUT2D eigenvalue weighted by molar-refractivity contribution is 0.171. The molecule has 20 heavy (non-hydrogen) atoms. The van der Waals surface area contributed by atoms with E-state index in [1.165, 1.54) is 5.56 Å². The molecule has 102 valence electrons. The molecule has 0 fully saturated rings. The standard InChI is InChI=1S/C16H16N2O2/c1-11-2-4-12(5-3-11)16(17)18-13-6-7-14-15(10-13)20-9-8-19-14/h2-7,10H,8-9H2,1H3,(H2,17,18). The summed E-state index contributed by atoms with van der Waals surface area (Å²) in [5.41, 5.74) is 8.89. The fourth-order valence-electron chi connectivity index (χ4n) is 2.03. The Labute approximate surface area is 117 Å². The van der Waals surface area contributed by atoms with E-state index in [0.717, 1.165) is 17.0 Å². The first kappa shape index (κ1) is 12.5. The molecule has 0 aromatic heterocycles. The first-order chi connectivity index (χ1) is 9.72. The van der Waals surface area contributed by atoms with Gasteiger partial charge in [-0.2, -0.15) is 0 Å². The van der Waals surface area contributed by atoms with E-state index < -0.39 is 0 Å². The molecule has 0 spiro atoms. The largest absolute Gasteiger partial charge is 0.486 e. The van der Waals surface area contributed by atoms with E-state index in [0.29, 0.717) is 24.8 Å². The van der Waals surface area contributed by atoms with Crippen LogP contribution in [0, 0.1) is 6.92 Å². The second kappa shape index (κ2) is 5.25. The molecular weight excluding hydrogens is 252 g/mol. The molecule has 0 unspecified atom stereocenters. The van der Waals surface area contributed by atoms with Crippen molar-refractivity contribution >= 4 is 11.5 Å². The van der Waals surface area contributed by atoms with Crippen molar-refractivity contribution in [2.45, 2.75) is 6.92 Å². The highest BCUT2D eigenvalue weighted by Crippen LogP contribution is 2.33. The number of nitrogens with zero attached hydrogens (tertiary/aromatic N) is 1. The summed E-state index contributed by atoms with van der Waals surface area (Å²) in [6.07, 6.45) is 0. The average molecular weight is 268 g/mol. The lowest BCUT2D eigenvalue weighted by atomic mass is 10.1. The van der Waals surface area contributed by atoms with Crippen LogP contribution in [0.25, 0.3) is 0 Å². The van der Waals surface area contributed by atoms with Crippen LogP contribution < -0.4 is 15.2 Å². The molecule has 1 heterocycles. The third-order valence-corrected chi connectivity index (χ3v) is 3.12. The van der Waals surface area contributed by atoms with Gasteiger partial charge in [0.25, 0.3) is 0 Å². The van der Waals surface area contributed by atoms with Crippen LogP contribution in [0.3, 0.4) is 0 Å². The Morgan fingerprint density at radius 2 is 1.70 bits per heavy atom. The average Bonchev–Trinajstić information content (AvgIpc) is 2.48. The third kappa shape index (κ3) is 2.59. The number of hydrogen-bond donors (Lipinski definition) is 1. The molecule has 0 bridgehead atoms. The highest BCUT2D eigenvalue weighted by Gasteiger charge is 2.11. The van der Waals surface area contributed by atoms with Crippen LogP contribution in [0.5, 0.6) is 11.5 Å². The van der Waals surface area contributed by atoms with Crippen LogP contribution in [-0.4, -0.2) is 19.0 Å². The normalized spacial score (nSPS) is 14.2. The minimum atomic E-state index is 0.488. The molecule has 0 amide bonds. The van der Waals surface area contributed by atoms with E-state index in [9.17, 15) is 0 Å². The fourth-order valence-corrected chi connectivity index (χ4v) is 2.03. The molecule has 1 aliphatic rings. The van der Waals surface area contributed by atoms with Crippen LogP contribution >= 0.6 is 0 Å². The number of hydrogen-bond acceptors (Lipinski definition) is 3. The first-order valence-corrected chi connectivity index (χ1v) is 6.53. The van der Waals surface area contributed by atoms with Crippen molar-refractivity contribution in [1.82, 2.24) is 0 Å². The molecule has 2 aromatic rings. The van der Waals surface area contributed by atoms with E-state index in [2.05, 4.69) is 4.99 Å². The van der Waals surface area contributed by atoms with Gasteiger partial charge in [0, 0.05) is 11.6 Å². The van der Waals surface area contributed by atoms with E-state index in [-0.39, 0.29) is 0 Å². The maximum Gasteiger partial charge on any atom is 0.163 e. The van der Waals surface area contributed by atoms with Crippen molar-refractivity contribution in [3.63, 3.8) is 0 Å². The van der Waals surface area contributed by atoms with Crippen LogP contribution in [0.4, 0.5) is 5.69 Å².